The Kier molecular flexibility index (Phi) is 3.54. The van der Waals surface area contributed by atoms with Crippen LogP contribution in [0, 0.1) is 0 Å². The predicted octanol–water partition coefficient (Wildman–Crippen LogP) is 1.38. The molecule has 0 aliphatic heterocycles. The van der Waals surface area contributed by atoms with Crippen LogP contribution in [-0.2, 0) is 12.7 Å². The third-order valence-corrected chi connectivity index (χ3v) is 1.99. The summed E-state index contributed by atoms with van der Waals surface area (Å²) < 4.78 is 38.0. The molecule has 0 bridgehead atoms. The van der Waals surface area contributed by atoms with E-state index in [1.807, 2.05) is 0 Å². The molecule has 2 N–H and O–H groups in total. The highest BCUT2D eigenvalue weighted by atomic mass is 19.4. The first-order chi connectivity index (χ1) is 7.34. The number of rotatable bonds is 3. The lowest BCUT2D eigenvalue weighted by molar-refractivity contribution is -0.138. The van der Waals surface area contributed by atoms with Gasteiger partial charge in [-0.25, -0.2) is 0 Å². The van der Waals surface area contributed by atoms with E-state index in [9.17, 15) is 18.0 Å². The van der Waals surface area contributed by atoms with E-state index in [1.165, 1.54) is 0 Å². The van der Waals surface area contributed by atoms with Crippen molar-refractivity contribution >= 4 is 0 Å². The molecule has 88 valence electrons. The van der Waals surface area contributed by atoms with Crippen LogP contribution in [0.4, 0.5) is 13.2 Å². The lowest BCUT2D eigenvalue weighted by Crippen LogP contribution is -2.23. The Morgan fingerprint density at radius 1 is 1.44 bits per heavy atom. The van der Waals surface area contributed by atoms with E-state index >= 15 is 0 Å². The van der Waals surface area contributed by atoms with Gasteiger partial charge >= 0.3 is 6.18 Å². The topological polar surface area (TPSA) is 48.0 Å². The van der Waals surface area contributed by atoms with Crippen LogP contribution in [0.25, 0.3) is 0 Å². The summed E-state index contributed by atoms with van der Waals surface area (Å²) in [6, 6.07) is 1.64. The molecule has 0 aliphatic carbocycles. The van der Waals surface area contributed by atoms with Crippen molar-refractivity contribution < 1.29 is 13.2 Å². The van der Waals surface area contributed by atoms with E-state index in [4.69, 9.17) is 5.73 Å². The Hall–Kier alpha value is -1.56. The number of halogens is 3. The molecule has 0 unspecified atom stereocenters. The van der Waals surface area contributed by atoms with E-state index in [0.29, 0.717) is 5.57 Å². The van der Waals surface area contributed by atoms with Gasteiger partial charge in [-0.2, -0.15) is 13.2 Å². The Morgan fingerprint density at radius 2 is 2.06 bits per heavy atom. The molecule has 0 amide bonds. The maximum atomic E-state index is 12.4. The van der Waals surface area contributed by atoms with E-state index in [2.05, 4.69) is 6.58 Å². The van der Waals surface area contributed by atoms with Gasteiger partial charge in [-0.3, -0.25) is 4.79 Å². The van der Waals surface area contributed by atoms with Gasteiger partial charge in [0.25, 0.3) is 5.56 Å². The zero-order valence-corrected chi connectivity index (χ0v) is 8.42. The summed E-state index contributed by atoms with van der Waals surface area (Å²) in [4.78, 5) is 11.3. The van der Waals surface area contributed by atoms with Gasteiger partial charge in [0.1, 0.15) is 0 Å². The maximum Gasteiger partial charge on any atom is 0.417 e. The fraction of sp³-hybridized carbons (Fsp3) is 0.300. The summed E-state index contributed by atoms with van der Waals surface area (Å²) in [7, 11) is 0. The van der Waals surface area contributed by atoms with Gasteiger partial charge in [-0.1, -0.05) is 6.58 Å². The van der Waals surface area contributed by atoms with Crippen molar-refractivity contribution in [3.63, 3.8) is 0 Å². The van der Waals surface area contributed by atoms with Crippen LogP contribution in [0.3, 0.4) is 0 Å². The fourth-order valence-corrected chi connectivity index (χ4v) is 1.13. The van der Waals surface area contributed by atoms with Gasteiger partial charge < -0.3 is 10.3 Å². The molecule has 6 heteroatoms. The minimum Gasteiger partial charge on any atom is -0.327 e. The molecule has 1 heterocycles. The van der Waals surface area contributed by atoms with E-state index in [0.717, 1.165) is 22.9 Å². The van der Waals surface area contributed by atoms with Crippen molar-refractivity contribution in [3.8, 4) is 0 Å². The summed E-state index contributed by atoms with van der Waals surface area (Å²) in [5, 5.41) is 0. The van der Waals surface area contributed by atoms with Gasteiger partial charge in [-0.15, -0.1) is 0 Å². The SMILES string of the molecule is C=C(CN)Cn1cc(C(F)(F)F)ccc1=O. The number of hydrogen-bond acceptors (Lipinski definition) is 2. The first-order valence-corrected chi connectivity index (χ1v) is 4.49. The third-order valence-electron chi connectivity index (χ3n) is 1.99. The van der Waals surface area contributed by atoms with E-state index in [1.54, 1.807) is 0 Å². The molecule has 16 heavy (non-hydrogen) atoms. The molecule has 0 saturated heterocycles. The summed E-state index contributed by atoms with van der Waals surface area (Å²) in [5.41, 5.74) is 4.37. The second kappa shape index (κ2) is 4.52. The number of hydrogen-bond donors (Lipinski definition) is 1. The monoisotopic (exact) mass is 232 g/mol. The fourth-order valence-electron chi connectivity index (χ4n) is 1.13. The van der Waals surface area contributed by atoms with Crippen molar-refractivity contribution in [2.45, 2.75) is 12.7 Å². The average Bonchev–Trinajstić information content (AvgIpc) is 2.19. The van der Waals surface area contributed by atoms with Gasteiger partial charge in [0.05, 0.1) is 5.56 Å². The molecule has 0 aliphatic rings. The van der Waals surface area contributed by atoms with E-state index < -0.39 is 17.3 Å². The van der Waals surface area contributed by atoms with Crippen LogP contribution < -0.4 is 11.3 Å². The molecular formula is C10H11F3N2O. The first kappa shape index (κ1) is 12.5. The number of pyridine rings is 1. The molecule has 0 aromatic carbocycles. The molecule has 1 aromatic heterocycles. The largest absolute Gasteiger partial charge is 0.417 e. The van der Waals surface area contributed by atoms with Crippen LogP contribution >= 0.6 is 0 Å². The summed E-state index contributed by atoms with van der Waals surface area (Å²) in [5.74, 6) is 0. The highest BCUT2D eigenvalue weighted by Crippen LogP contribution is 2.28. The lowest BCUT2D eigenvalue weighted by Gasteiger charge is -2.11. The number of alkyl halides is 3. The normalized spacial score (nSPS) is 11.5. The molecular weight excluding hydrogens is 221 g/mol. The lowest BCUT2D eigenvalue weighted by atomic mass is 10.2. The zero-order chi connectivity index (χ0) is 12.3. The number of nitrogens with two attached hydrogens (primary N) is 1. The van der Waals surface area contributed by atoms with Crippen molar-refractivity contribution in [3.05, 3.63) is 46.4 Å². The van der Waals surface area contributed by atoms with Gasteiger partial charge in [0.15, 0.2) is 0 Å². The molecule has 0 radical (unpaired) electrons. The summed E-state index contributed by atoms with van der Waals surface area (Å²) >= 11 is 0. The maximum absolute atomic E-state index is 12.4. The highest BCUT2D eigenvalue weighted by molar-refractivity contribution is 5.14. The van der Waals surface area contributed by atoms with Crippen LogP contribution in [0.15, 0.2) is 35.3 Å². The predicted molar refractivity (Wildman–Crippen MR) is 53.9 cm³/mol. The minimum atomic E-state index is -4.46. The Morgan fingerprint density at radius 3 is 2.56 bits per heavy atom. The highest BCUT2D eigenvalue weighted by Gasteiger charge is 2.30. The smallest absolute Gasteiger partial charge is 0.327 e. The Labute approximate surface area is 90.0 Å². The molecule has 1 rings (SSSR count). The zero-order valence-electron chi connectivity index (χ0n) is 8.42. The van der Waals surface area contributed by atoms with Gasteiger partial charge in [0, 0.05) is 25.4 Å². The second-order valence-electron chi connectivity index (χ2n) is 3.34. The number of nitrogens with zero attached hydrogens (tertiary/aromatic N) is 1. The standard InChI is InChI=1S/C10H11F3N2O/c1-7(4-14)5-15-6-8(10(11,12)13)2-3-9(15)16/h2-3,6H,1,4-5,14H2. The molecule has 0 saturated carbocycles. The molecule has 3 nitrogen and oxygen atoms in total. The second-order valence-corrected chi connectivity index (χ2v) is 3.34. The summed E-state index contributed by atoms with van der Waals surface area (Å²) in [6.45, 7) is 3.66. The van der Waals surface area contributed by atoms with Crippen molar-refractivity contribution in [1.82, 2.24) is 4.57 Å². The Bertz CT molecular complexity index is 448. The van der Waals surface area contributed by atoms with Crippen molar-refractivity contribution in [2.75, 3.05) is 6.54 Å². The minimum absolute atomic E-state index is 0.000741. The molecule has 0 spiro atoms. The quantitative estimate of drug-likeness (QED) is 0.800. The van der Waals surface area contributed by atoms with Crippen LogP contribution in [0.5, 0.6) is 0 Å². The summed E-state index contributed by atoms with van der Waals surface area (Å²) in [6.07, 6.45) is -3.69. The number of aromatic nitrogens is 1. The molecule has 1 aromatic rings. The van der Waals surface area contributed by atoms with Crippen molar-refractivity contribution in [1.29, 1.82) is 0 Å². The molecule has 0 fully saturated rings. The van der Waals surface area contributed by atoms with Crippen LogP contribution in [-0.4, -0.2) is 11.1 Å². The first-order valence-electron chi connectivity index (χ1n) is 4.49. The van der Waals surface area contributed by atoms with Gasteiger partial charge in [-0.05, 0) is 11.6 Å². The Balaban J connectivity index is 3.09. The van der Waals surface area contributed by atoms with Gasteiger partial charge in [0.2, 0.25) is 0 Å². The molecule has 0 atom stereocenters. The van der Waals surface area contributed by atoms with Crippen molar-refractivity contribution in [2.24, 2.45) is 5.73 Å². The van der Waals surface area contributed by atoms with Crippen LogP contribution in [0.1, 0.15) is 5.56 Å². The van der Waals surface area contributed by atoms with Crippen LogP contribution in [0.2, 0.25) is 0 Å². The third kappa shape index (κ3) is 2.96. The van der Waals surface area contributed by atoms with E-state index in [-0.39, 0.29) is 13.1 Å². The average molecular weight is 232 g/mol.